The molecule has 0 aliphatic heterocycles. The molecule has 3 aromatic rings. The molecular weight excluding hydrogens is 566 g/mol. The van der Waals surface area contributed by atoms with Crippen LogP contribution in [0.4, 0.5) is 5.69 Å². The Labute approximate surface area is 247 Å². The highest BCUT2D eigenvalue weighted by Crippen LogP contribution is 2.27. The Bertz CT molecular complexity index is 1410. The molecule has 0 aliphatic carbocycles. The van der Waals surface area contributed by atoms with Crippen LogP contribution in [0.15, 0.2) is 77.7 Å². The second kappa shape index (κ2) is 14.7. The van der Waals surface area contributed by atoms with Crippen LogP contribution in [0.2, 0.25) is 5.02 Å². The number of hydrogen-bond donors (Lipinski definition) is 1. The van der Waals surface area contributed by atoms with Crippen LogP contribution in [0.3, 0.4) is 0 Å². The first kappa shape index (κ1) is 31.8. The summed E-state index contributed by atoms with van der Waals surface area (Å²) >= 11 is 6.08. The van der Waals surface area contributed by atoms with Crippen molar-refractivity contribution < 1.29 is 27.5 Å². The maximum atomic E-state index is 14.1. The van der Waals surface area contributed by atoms with Gasteiger partial charge in [0.15, 0.2) is 0 Å². The zero-order valence-electron chi connectivity index (χ0n) is 23.7. The molecule has 2 amide bonds. The number of nitrogens with one attached hydrogen (secondary N) is 1. The van der Waals surface area contributed by atoms with Gasteiger partial charge in [-0.25, -0.2) is 8.42 Å². The van der Waals surface area contributed by atoms with Crippen molar-refractivity contribution in [1.82, 2.24) is 10.2 Å². The van der Waals surface area contributed by atoms with E-state index in [2.05, 4.69) is 5.32 Å². The predicted octanol–water partition coefficient (Wildman–Crippen LogP) is 4.89. The molecule has 0 aromatic heterocycles. The van der Waals surface area contributed by atoms with Crippen LogP contribution in [-0.2, 0) is 26.2 Å². The van der Waals surface area contributed by atoms with Crippen molar-refractivity contribution in [2.45, 2.75) is 44.2 Å². The molecule has 3 aromatic carbocycles. The van der Waals surface area contributed by atoms with Gasteiger partial charge >= 0.3 is 0 Å². The number of carbonyl (C=O) groups excluding carboxylic acids is 2. The molecule has 11 heteroatoms. The molecule has 0 aliphatic rings. The smallest absolute Gasteiger partial charge is 0.264 e. The minimum Gasteiger partial charge on any atom is -0.497 e. The summed E-state index contributed by atoms with van der Waals surface area (Å²) in [4.78, 5) is 28.7. The summed E-state index contributed by atoms with van der Waals surface area (Å²) in [5.74, 6) is 0.245. The third kappa shape index (κ3) is 8.14. The van der Waals surface area contributed by atoms with Gasteiger partial charge in [0.25, 0.3) is 10.0 Å². The number of benzene rings is 3. The van der Waals surface area contributed by atoms with Crippen molar-refractivity contribution in [3.05, 3.63) is 83.4 Å². The number of halogens is 1. The fourth-order valence-corrected chi connectivity index (χ4v) is 5.80. The van der Waals surface area contributed by atoms with Crippen LogP contribution in [0.1, 0.15) is 32.3 Å². The number of carbonyl (C=O) groups is 2. The second-order valence-electron chi connectivity index (χ2n) is 9.25. The van der Waals surface area contributed by atoms with Crippen LogP contribution in [0, 0.1) is 0 Å². The quantitative estimate of drug-likeness (QED) is 0.282. The van der Waals surface area contributed by atoms with Gasteiger partial charge in [0.2, 0.25) is 11.8 Å². The van der Waals surface area contributed by atoms with E-state index in [4.69, 9.17) is 21.1 Å². The highest BCUT2D eigenvalue weighted by molar-refractivity contribution is 7.92. The van der Waals surface area contributed by atoms with Crippen LogP contribution in [0.25, 0.3) is 0 Å². The molecule has 0 radical (unpaired) electrons. The third-order valence-corrected chi connectivity index (χ3v) is 8.50. The largest absolute Gasteiger partial charge is 0.497 e. The van der Waals surface area contributed by atoms with Crippen molar-refractivity contribution in [3.8, 4) is 11.5 Å². The summed E-state index contributed by atoms with van der Waals surface area (Å²) in [5.41, 5.74) is 0.985. The van der Waals surface area contributed by atoms with Crippen molar-refractivity contribution in [2.24, 2.45) is 0 Å². The fourth-order valence-electron chi connectivity index (χ4n) is 4.26. The highest BCUT2D eigenvalue weighted by Gasteiger charge is 2.33. The fraction of sp³-hybridized carbons (Fsp3) is 0.333. The molecule has 41 heavy (non-hydrogen) atoms. The number of rotatable bonds is 14. The lowest BCUT2D eigenvalue weighted by Gasteiger charge is -2.33. The summed E-state index contributed by atoms with van der Waals surface area (Å²) in [6.07, 6.45) is 1.06. The van der Waals surface area contributed by atoms with E-state index in [0.29, 0.717) is 29.5 Å². The summed E-state index contributed by atoms with van der Waals surface area (Å²) in [5, 5.41) is 3.29. The monoisotopic (exact) mass is 601 g/mol. The summed E-state index contributed by atoms with van der Waals surface area (Å²) in [7, 11) is -1.17. The Morgan fingerprint density at radius 3 is 2.17 bits per heavy atom. The number of ether oxygens (including phenoxy) is 2. The Hall–Kier alpha value is -3.76. The number of methoxy groups -OCH3 is 2. The van der Waals surface area contributed by atoms with E-state index in [0.717, 1.165) is 16.3 Å². The topological polar surface area (TPSA) is 105 Å². The van der Waals surface area contributed by atoms with Gasteiger partial charge in [-0.2, -0.15) is 0 Å². The maximum Gasteiger partial charge on any atom is 0.264 e. The van der Waals surface area contributed by atoms with E-state index >= 15 is 0 Å². The van der Waals surface area contributed by atoms with Crippen molar-refractivity contribution >= 4 is 39.1 Å². The third-order valence-electron chi connectivity index (χ3n) is 6.46. The SMILES string of the molecule is CCCNC(=O)[C@H](CC)N(Cc1cccc(OC)c1)C(=O)CN(c1ccc(Cl)cc1)S(=O)(=O)c1ccc(OC)cc1. The number of hydrogen-bond acceptors (Lipinski definition) is 6. The molecule has 0 heterocycles. The van der Waals surface area contributed by atoms with Gasteiger partial charge in [-0.15, -0.1) is 0 Å². The first-order valence-electron chi connectivity index (χ1n) is 13.3. The number of sulfonamides is 1. The van der Waals surface area contributed by atoms with E-state index in [1.165, 1.54) is 48.4 Å². The molecule has 1 N–H and O–H groups in total. The molecule has 0 fully saturated rings. The summed E-state index contributed by atoms with van der Waals surface area (Å²) < 4.78 is 39.4. The van der Waals surface area contributed by atoms with Gasteiger partial charge in [-0.05, 0) is 79.1 Å². The van der Waals surface area contributed by atoms with Crippen molar-refractivity contribution in [3.63, 3.8) is 0 Å². The minimum absolute atomic E-state index is 0.0203. The molecule has 9 nitrogen and oxygen atoms in total. The van der Waals surface area contributed by atoms with E-state index in [-0.39, 0.29) is 23.0 Å². The molecular formula is C30H36ClN3O6S. The van der Waals surface area contributed by atoms with Gasteiger partial charge < -0.3 is 19.7 Å². The van der Waals surface area contributed by atoms with Crippen LogP contribution >= 0.6 is 11.6 Å². The molecule has 0 saturated heterocycles. The normalized spacial score (nSPS) is 11.8. The minimum atomic E-state index is -4.20. The Morgan fingerprint density at radius 1 is 0.927 bits per heavy atom. The summed E-state index contributed by atoms with van der Waals surface area (Å²) in [6.45, 7) is 3.74. The first-order chi connectivity index (χ1) is 19.6. The van der Waals surface area contributed by atoms with Gasteiger partial charge in [0.1, 0.15) is 24.1 Å². The molecule has 1 atom stereocenters. The molecule has 220 valence electrons. The number of nitrogens with zero attached hydrogens (tertiary/aromatic N) is 2. The molecule has 0 saturated carbocycles. The van der Waals surface area contributed by atoms with Crippen molar-refractivity contribution in [1.29, 1.82) is 0 Å². The average Bonchev–Trinajstić information content (AvgIpc) is 2.99. The number of anilines is 1. The van der Waals surface area contributed by atoms with E-state index in [9.17, 15) is 18.0 Å². The van der Waals surface area contributed by atoms with Gasteiger partial charge in [0.05, 0.1) is 24.8 Å². The number of amides is 2. The van der Waals surface area contributed by atoms with Gasteiger partial charge in [-0.1, -0.05) is 37.6 Å². The lowest BCUT2D eigenvalue weighted by Crippen LogP contribution is -2.52. The van der Waals surface area contributed by atoms with Gasteiger partial charge in [0, 0.05) is 18.1 Å². The lowest BCUT2D eigenvalue weighted by molar-refractivity contribution is -0.140. The Kier molecular flexibility index (Phi) is 11.4. The highest BCUT2D eigenvalue weighted by atomic mass is 35.5. The van der Waals surface area contributed by atoms with Crippen LogP contribution < -0.4 is 19.1 Å². The van der Waals surface area contributed by atoms with Crippen LogP contribution in [-0.4, -0.2) is 58.5 Å². The zero-order valence-corrected chi connectivity index (χ0v) is 25.2. The zero-order chi connectivity index (χ0) is 30.0. The lowest BCUT2D eigenvalue weighted by atomic mass is 10.1. The molecule has 0 bridgehead atoms. The maximum absolute atomic E-state index is 14.1. The predicted molar refractivity (Wildman–Crippen MR) is 160 cm³/mol. The van der Waals surface area contributed by atoms with Gasteiger partial charge in [-0.3, -0.25) is 13.9 Å². The Balaban J connectivity index is 2.05. The standard InChI is InChI=1S/C30H36ClN3O6S/c1-5-18-32-30(36)28(6-2)33(20-22-8-7-9-26(19-22)40-4)29(35)21-34(24-12-10-23(31)11-13-24)41(37,38)27-16-14-25(39-3)15-17-27/h7-17,19,28H,5-6,18,20-21H2,1-4H3,(H,32,36)/t28-/m0/s1. The second-order valence-corrected chi connectivity index (χ2v) is 11.6. The van der Waals surface area contributed by atoms with Crippen LogP contribution in [0.5, 0.6) is 11.5 Å². The Morgan fingerprint density at radius 2 is 1.59 bits per heavy atom. The van der Waals surface area contributed by atoms with E-state index in [1.54, 1.807) is 37.4 Å². The molecule has 3 rings (SSSR count). The first-order valence-corrected chi connectivity index (χ1v) is 15.1. The van der Waals surface area contributed by atoms with Crippen molar-refractivity contribution in [2.75, 3.05) is 31.6 Å². The van der Waals surface area contributed by atoms with E-state index in [1.807, 2.05) is 19.9 Å². The summed E-state index contributed by atoms with van der Waals surface area (Å²) in [6, 6.07) is 18.5. The molecule has 0 unspecified atom stereocenters. The van der Waals surface area contributed by atoms with E-state index < -0.39 is 28.5 Å². The average molecular weight is 602 g/mol. The molecule has 0 spiro atoms.